The fourth-order valence-electron chi connectivity index (χ4n) is 3.45. The van der Waals surface area contributed by atoms with E-state index in [0.29, 0.717) is 42.6 Å². The van der Waals surface area contributed by atoms with E-state index in [9.17, 15) is 13.2 Å². The molecular weight excluding hydrogens is 408 g/mol. The molecule has 0 bridgehead atoms. The minimum absolute atomic E-state index is 0.181. The van der Waals surface area contributed by atoms with Crippen molar-refractivity contribution in [1.82, 2.24) is 9.62 Å². The van der Waals surface area contributed by atoms with Gasteiger partial charge in [0.25, 0.3) is 5.91 Å². The molecule has 29 heavy (non-hydrogen) atoms. The first-order valence-corrected chi connectivity index (χ1v) is 11.7. The number of halogens is 1. The Kier molecular flexibility index (Phi) is 6.98. The molecule has 2 aromatic carbocycles. The standard InChI is InChI=1S/C22H27ClN2O3S/c1-16-10-13-25(14-11-16)29(27,28)20-8-3-17(2)21(15-20)22(26)24-12-9-18-4-6-19(23)7-5-18/h3-8,15-16H,9-14H2,1-2H3,(H,24,26). The summed E-state index contributed by atoms with van der Waals surface area (Å²) < 4.78 is 27.5. The molecule has 0 unspecified atom stereocenters. The summed E-state index contributed by atoms with van der Waals surface area (Å²) >= 11 is 5.89. The Hall–Kier alpha value is -1.89. The van der Waals surface area contributed by atoms with Crippen LogP contribution in [0.5, 0.6) is 0 Å². The highest BCUT2D eigenvalue weighted by Gasteiger charge is 2.28. The van der Waals surface area contributed by atoms with Crippen molar-refractivity contribution in [2.24, 2.45) is 5.92 Å². The number of piperidine rings is 1. The SMILES string of the molecule is Cc1ccc(S(=O)(=O)N2CCC(C)CC2)cc1C(=O)NCCc1ccc(Cl)cc1. The van der Waals surface area contributed by atoms with Gasteiger partial charge in [0, 0.05) is 30.2 Å². The fourth-order valence-corrected chi connectivity index (χ4v) is 5.07. The second kappa shape index (κ2) is 9.28. The van der Waals surface area contributed by atoms with Crippen LogP contribution in [0.1, 0.15) is 41.3 Å². The highest BCUT2D eigenvalue weighted by atomic mass is 35.5. The predicted octanol–water partition coefficient (Wildman–Crippen LogP) is 4.04. The first kappa shape index (κ1) is 21.8. The lowest BCUT2D eigenvalue weighted by Crippen LogP contribution is -2.38. The van der Waals surface area contributed by atoms with Crippen molar-refractivity contribution in [3.8, 4) is 0 Å². The van der Waals surface area contributed by atoms with Crippen molar-refractivity contribution in [1.29, 1.82) is 0 Å². The van der Waals surface area contributed by atoms with Gasteiger partial charge in [-0.3, -0.25) is 4.79 Å². The van der Waals surface area contributed by atoms with E-state index < -0.39 is 10.0 Å². The number of nitrogens with zero attached hydrogens (tertiary/aromatic N) is 1. The lowest BCUT2D eigenvalue weighted by molar-refractivity contribution is 0.0953. The second-order valence-corrected chi connectivity index (χ2v) is 10.1. The van der Waals surface area contributed by atoms with Crippen LogP contribution < -0.4 is 5.32 Å². The molecule has 0 spiro atoms. The van der Waals surface area contributed by atoms with Crippen LogP contribution in [0.3, 0.4) is 0 Å². The third-order valence-corrected chi connectivity index (χ3v) is 7.59. The van der Waals surface area contributed by atoms with Gasteiger partial charge >= 0.3 is 0 Å². The van der Waals surface area contributed by atoms with Crippen molar-refractivity contribution in [3.05, 3.63) is 64.2 Å². The smallest absolute Gasteiger partial charge is 0.251 e. The van der Waals surface area contributed by atoms with Gasteiger partial charge in [-0.15, -0.1) is 0 Å². The van der Waals surface area contributed by atoms with Crippen LogP contribution in [0, 0.1) is 12.8 Å². The van der Waals surface area contributed by atoms with Crippen molar-refractivity contribution >= 4 is 27.5 Å². The Morgan fingerprint density at radius 2 is 1.79 bits per heavy atom. The maximum atomic E-state index is 13.0. The van der Waals surface area contributed by atoms with Gasteiger partial charge < -0.3 is 5.32 Å². The molecule has 1 heterocycles. The summed E-state index contributed by atoms with van der Waals surface area (Å²) in [7, 11) is -3.58. The Balaban J connectivity index is 1.69. The van der Waals surface area contributed by atoms with Crippen molar-refractivity contribution < 1.29 is 13.2 Å². The van der Waals surface area contributed by atoms with Crippen LogP contribution in [-0.2, 0) is 16.4 Å². The molecule has 7 heteroatoms. The molecule has 1 N–H and O–H groups in total. The van der Waals surface area contributed by atoms with Crippen molar-refractivity contribution in [3.63, 3.8) is 0 Å². The number of carbonyl (C=O) groups excluding carboxylic acids is 1. The topological polar surface area (TPSA) is 66.5 Å². The molecule has 5 nitrogen and oxygen atoms in total. The van der Waals surface area contributed by atoms with Gasteiger partial charge in [0.1, 0.15) is 0 Å². The summed E-state index contributed by atoms with van der Waals surface area (Å²) in [6, 6.07) is 12.3. The molecule has 0 radical (unpaired) electrons. The Labute approximate surface area is 178 Å². The molecule has 1 aliphatic rings. The molecule has 2 aromatic rings. The normalized spacial score (nSPS) is 16.0. The minimum atomic E-state index is -3.58. The molecular formula is C22H27ClN2O3S. The second-order valence-electron chi connectivity index (χ2n) is 7.70. The number of carbonyl (C=O) groups is 1. The number of rotatable bonds is 6. The minimum Gasteiger partial charge on any atom is -0.352 e. The summed E-state index contributed by atoms with van der Waals surface area (Å²) in [5.74, 6) is 0.280. The quantitative estimate of drug-likeness (QED) is 0.746. The van der Waals surface area contributed by atoms with Crippen LogP contribution in [0.15, 0.2) is 47.4 Å². The van der Waals surface area contributed by atoms with Gasteiger partial charge in [0.15, 0.2) is 0 Å². The number of nitrogens with one attached hydrogen (secondary N) is 1. The molecule has 1 fully saturated rings. The molecule has 0 aromatic heterocycles. The number of benzene rings is 2. The zero-order valence-corrected chi connectivity index (χ0v) is 18.4. The lowest BCUT2D eigenvalue weighted by atomic mass is 10.0. The summed E-state index contributed by atoms with van der Waals surface area (Å²) in [6.45, 7) is 5.47. The van der Waals surface area contributed by atoms with E-state index in [2.05, 4.69) is 12.2 Å². The Morgan fingerprint density at radius 1 is 1.14 bits per heavy atom. The average Bonchev–Trinajstić information content (AvgIpc) is 2.70. The van der Waals surface area contributed by atoms with E-state index in [4.69, 9.17) is 11.6 Å². The molecule has 0 aliphatic carbocycles. The molecule has 0 atom stereocenters. The van der Waals surface area contributed by atoms with E-state index in [1.165, 1.54) is 10.4 Å². The van der Waals surface area contributed by atoms with Gasteiger partial charge in [-0.25, -0.2) is 8.42 Å². The van der Waals surface area contributed by atoms with E-state index >= 15 is 0 Å². The van der Waals surface area contributed by atoms with Gasteiger partial charge in [-0.2, -0.15) is 4.31 Å². The summed E-state index contributed by atoms with van der Waals surface area (Å²) in [5, 5.41) is 3.56. The summed E-state index contributed by atoms with van der Waals surface area (Å²) in [6.07, 6.45) is 2.40. The van der Waals surface area contributed by atoms with Gasteiger partial charge in [0.05, 0.1) is 4.90 Å². The number of aryl methyl sites for hydroxylation is 1. The zero-order chi connectivity index (χ0) is 21.0. The Morgan fingerprint density at radius 3 is 2.45 bits per heavy atom. The maximum absolute atomic E-state index is 13.0. The first-order valence-electron chi connectivity index (χ1n) is 9.91. The number of hydrogen-bond donors (Lipinski definition) is 1. The van der Waals surface area contributed by atoms with Crippen LogP contribution in [0.4, 0.5) is 0 Å². The number of hydrogen-bond acceptors (Lipinski definition) is 3. The molecule has 3 rings (SSSR count). The fraction of sp³-hybridized carbons (Fsp3) is 0.409. The largest absolute Gasteiger partial charge is 0.352 e. The highest BCUT2D eigenvalue weighted by Crippen LogP contribution is 2.25. The first-order chi connectivity index (χ1) is 13.8. The molecule has 0 saturated carbocycles. The van der Waals surface area contributed by atoms with E-state index in [1.807, 2.05) is 31.2 Å². The van der Waals surface area contributed by atoms with Gasteiger partial charge in [-0.1, -0.05) is 36.7 Å². The maximum Gasteiger partial charge on any atom is 0.251 e. The average molecular weight is 435 g/mol. The van der Waals surface area contributed by atoms with Crippen LogP contribution in [-0.4, -0.2) is 38.3 Å². The van der Waals surface area contributed by atoms with Crippen LogP contribution in [0.25, 0.3) is 0 Å². The van der Waals surface area contributed by atoms with Crippen LogP contribution in [0.2, 0.25) is 5.02 Å². The van der Waals surface area contributed by atoms with E-state index in [0.717, 1.165) is 24.0 Å². The predicted molar refractivity (Wildman–Crippen MR) is 116 cm³/mol. The lowest BCUT2D eigenvalue weighted by Gasteiger charge is -2.29. The highest BCUT2D eigenvalue weighted by molar-refractivity contribution is 7.89. The zero-order valence-electron chi connectivity index (χ0n) is 16.8. The molecule has 1 amide bonds. The van der Waals surface area contributed by atoms with Crippen LogP contribution >= 0.6 is 11.6 Å². The summed E-state index contributed by atoms with van der Waals surface area (Å²) in [4.78, 5) is 12.8. The van der Waals surface area contributed by atoms with Crippen molar-refractivity contribution in [2.75, 3.05) is 19.6 Å². The third-order valence-electron chi connectivity index (χ3n) is 5.45. The number of amides is 1. The Bertz CT molecular complexity index is 966. The number of sulfonamides is 1. The summed E-state index contributed by atoms with van der Waals surface area (Å²) in [5.41, 5.74) is 2.22. The van der Waals surface area contributed by atoms with E-state index in [-0.39, 0.29) is 10.8 Å². The molecule has 1 saturated heterocycles. The van der Waals surface area contributed by atoms with Crippen molar-refractivity contribution in [2.45, 2.75) is 38.0 Å². The van der Waals surface area contributed by atoms with Gasteiger partial charge in [0.2, 0.25) is 10.0 Å². The monoisotopic (exact) mass is 434 g/mol. The molecule has 1 aliphatic heterocycles. The van der Waals surface area contributed by atoms with E-state index in [1.54, 1.807) is 12.1 Å². The molecule has 156 valence electrons. The van der Waals surface area contributed by atoms with Gasteiger partial charge in [-0.05, 0) is 67.5 Å². The third kappa shape index (κ3) is 5.38.